The van der Waals surface area contributed by atoms with Gasteiger partial charge in [0.1, 0.15) is 5.82 Å². The van der Waals surface area contributed by atoms with Crippen LogP contribution in [0.25, 0.3) is 16.6 Å². The lowest BCUT2D eigenvalue weighted by atomic mass is 9.83. The van der Waals surface area contributed by atoms with Crippen molar-refractivity contribution in [3.05, 3.63) is 90.4 Å². The van der Waals surface area contributed by atoms with Crippen molar-refractivity contribution in [3.8, 4) is 5.69 Å². The molecule has 3 aromatic carbocycles. The largest absolute Gasteiger partial charge is 0.325 e. The molecule has 156 valence electrons. The van der Waals surface area contributed by atoms with Gasteiger partial charge in [-0.25, -0.2) is 9.07 Å². The lowest BCUT2D eigenvalue weighted by Crippen LogP contribution is -2.38. The second-order valence-electron chi connectivity index (χ2n) is 8.55. The van der Waals surface area contributed by atoms with E-state index in [4.69, 9.17) is 5.73 Å². The highest BCUT2D eigenvalue weighted by molar-refractivity contribution is 6.03. The maximum Gasteiger partial charge on any atom is 0.234 e. The molecule has 2 N–H and O–H groups in total. The summed E-state index contributed by atoms with van der Waals surface area (Å²) in [4.78, 5) is 15.2. The van der Waals surface area contributed by atoms with Crippen LogP contribution < -0.4 is 10.6 Å². The Hall–Kier alpha value is -3.51. The molecule has 5 nitrogen and oxygen atoms in total. The van der Waals surface area contributed by atoms with Gasteiger partial charge in [-0.15, -0.1) is 0 Å². The molecule has 0 saturated carbocycles. The molecule has 1 saturated heterocycles. The van der Waals surface area contributed by atoms with Crippen LogP contribution >= 0.6 is 0 Å². The second kappa shape index (κ2) is 7.03. The summed E-state index contributed by atoms with van der Waals surface area (Å²) >= 11 is 0. The smallest absolute Gasteiger partial charge is 0.234 e. The number of hydrogen-bond donors (Lipinski definition) is 1. The van der Waals surface area contributed by atoms with E-state index in [1.807, 2.05) is 67.3 Å². The van der Waals surface area contributed by atoms with Gasteiger partial charge in [0, 0.05) is 17.1 Å². The van der Waals surface area contributed by atoms with Crippen LogP contribution in [0.5, 0.6) is 0 Å². The van der Waals surface area contributed by atoms with Crippen LogP contribution in [0.4, 0.5) is 10.1 Å². The van der Waals surface area contributed by atoms with Gasteiger partial charge in [-0.1, -0.05) is 30.3 Å². The van der Waals surface area contributed by atoms with Crippen molar-refractivity contribution in [2.24, 2.45) is 11.1 Å². The Labute approximate surface area is 179 Å². The van der Waals surface area contributed by atoms with Crippen molar-refractivity contribution in [2.75, 3.05) is 4.90 Å². The van der Waals surface area contributed by atoms with Gasteiger partial charge in [0.05, 0.1) is 28.9 Å². The van der Waals surface area contributed by atoms with E-state index in [1.165, 1.54) is 12.1 Å². The number of halogens is 1. The predicted octanol–water partition coefficient (Wildman–Crippen LogP) is 4.61. The first-order chi connectivity index (χ1) is 14.9. The number of fused-ring (bicyclic) bond motifs is 1. The molecule has 0 unspecified atom stereocenters. The van der Waals surface area contributed by atoms with Gasteiger partial charge >= 0.3 is 0 Å². The number of anilines is 1. The molecule has 2 atom stereocenters. The molecule has 6 heteroatoms. The van der Waals surface area contributed by atoms with Gasteiger partial charge in [0.25, 0.3) is 0 Å². The summed E-state index contributed by atoms with van der Waals surface area (Å²) in [7, 11) is 0. The minimum absolute atomic E-state index is 0.000806. The van der Waals surface area contributed by atoms with Gasteiger partial charge < -0.3 is 10.6 Å². The Morgan fingerprint density at radius 3 is 2.35 bits per heavy atom. The van der Waals surface area contributed by atoms with Crippen LogP contribution in [0.3, 0.4) is 0 Å². The van der Waals surface area contributed by atoms with Crippen molar-refractivity contribution in [3.63, 3.8) is 0 Å². The molecule has 1 fully saturated rings. The summed E-state index contributed by atoms with van der Waals surface area (Å²) in [6.45, 7) is 3.81. The molecule has 31 heavy (non-hydrogen) atoms. The van der Waals surface area contributed by atoms with Gasteiger partial charge in [-0.2, -0.15) is 5.10 Å². The Morgan fingerprint density at radius 1 is 0.968 bits per heavy atom. The minimum Gasteiger partial charge on any atom is -0.325 e. The van der Waals surface area contributed by atoms with E-state index in [1.54, 1.807) is 23.0 Å². The molecule has 1 amide bonds. The zero-order valence-electron chi connectivity index (χ0n) is 17.4. The summed E-state index contributed by atoms with van der Waals surface area (Å²) in [5.41, 5.74) is 9.36. The van der Waals surface area contributed by atoms with Crippen LogP contribution in [0.1, 0.15) is 25.5 Å². The number of carbonyl (C=O) groups is 1. The fourth-order valence-electron chi connectivity index (χ4n) is 4.38. The molecule has 0 aliphatic carbocycles. The van der Waals surface area contributed by atoms with Gasteiger partial charge in [-0.05, 0) is 61.9 Å². The number of benzene rings is 3. The van der Waals surface area contributed by atoms with Crippen molar-refractivity contribution in [1.82, 2.24) is 9.78 Å². The SMILES string of the molecule is CC1(C)C(=O)N(c2ccc3c(cnn3-c3ccc(F)cc3)c2)[C@H](c2ccccc2)[C@H]1N. The normalized spacial score (nSPS) is 20.5. The quantitative estimate of drug-likeness (QED) is 0.533. The standard InChI is InChI=1S/C25H23FN4O/c1-25(2)23(27)22(16-6-4-3-5-7-16)29(24(25)31)20-12-13-21-17(14-20)15-28-30(21)19-10-8-18(26)9-11-19/h3-15,22-23H,27H2,1-2H3/t22-,23-/m1/s1. The highest BCUT2D eigenvalue weighted by Crippen LogP contribution is 2.45. The first kappa shape index (κ1) is 19.5. The van der Waals surface area contributed by atoms with E-state index >= 15 is 0 Å². The third kappa shape index (κ3) is 3.02. The van der Waals surface area contributed by atoms with Gasteiger partial charge in [0.15, 0.2) is 0 Å². The molecular weight excluding hydrogens is 391 g/mol. The average Bonchev–Trinajstić information content (AvgIpc) is 3.27. The van der Waals surface area contributed by atoms with Crippen molar-refractivity contribution < 1.29 is 9.18 Å². The lowest BCUT2D eigenvalue weighted by molar-refractivity contribution is -0.124. The van der Waals surface area contributed by atoms with Crippen LogP contribution in [0.2, 0.25) is 0 Å². The average molecular weight is 414 g/mol. The van der Waals surface area contributed by atoms with Crippen molar-refractivity contribution in [2.45, 2.75) is 25.9 Å². The summed E-state index contributed by atoms with van der Waals surface area (Å²) in [6.07, 6.45) is 1.76. The summed E-state index contributed by atoms with van der Waals surface area (Å²) in [6, 6.07) is 21.3. The number of aromatic nitrogens is 2. The van der Waals surface area contributed by atoms with Crippen molar-refractivity contribution >= 4 is 22.5 Å². The number of nitrogens with zero attached hydrogens (tertiary/aromatic N) is 3. The number of hydrogen-bond acceptors (Lipinski definition) is 3. The molecule has 0 spiro atoms. The molecule has 0 bridgehead atoms. The summed E-state index contributed by atoms with van der Waals surface area (Å²) < 4.78 is 15.1. The Balaban J connectivity index is 1.60. The zero-order valence-corrected chi connectivity index (χ0v) is 17.4. The molecule has 1 aromatic heterocycles. The highest BCUT2D eigenvalue weighted by atomic mass is 19.1. The minimum atomic E-state index is -0.687. The monoisotopic (exact) mass is 414 g/mol. The maximum absolute atomic E-state index is 13.4. The van der Waals surface area contributed by atoms with E-state index in [9.17, 15) is 9.18 Å². The summed E-state index contributed by atoms with van der Waals surface area (Å²) in [5, 5.41) is 5.36. The van der Waals surface area contributed by atoms with Crippen LogP contribution in [-0.4, -0.2) is 21.7 Å². The fourth-order valence-corrected chi connectivity index (χ4v) is 4.38. The Morgan fingerprint density at radius 2 is 1.65 bits per heavy atom. The number of nitrogens with two attached hydrogens (primary N) is 1. The number of rotatable bonds is 3. The molecule has 4 aromatic rings. The van der Waals surface area contributed by atoms with E-state index in [2.05, 4.69) is 5.10 Å². The molecular formula is C25H23FN4O. The second-order valence-corrected chi connectivity index (χ2v) is 8.55. The van der Waals surface area contributed by atoms with Crippen LogP contribution in [0.15, 0.2) is 79.0 Å². The van der Waals surface area contributed by atoms with Crippen LogP contribution in [-0.2, 0) is 4.79 Å². The lowest BCUT2D eigenvalue weighted by Gasteiger charge is -2.27. The maximum atomic E-state index is 13.4. The first-order valence-corrected chi connectivity index (χ1v) is 10.3. The van der Waals surface area contributed by atoms with Gasteiger partial charge in [0.2, 0.25) is 5.91 Å². The van der Waals surface area contributed by atoms with Crippen LogP contribution in [0, 0.1) is 11.2 Å². The Bertz CT molecular complexity index is 1260. The third-order valence-electron chi connectivity index (χ3n) is 6.26. The molecule has 5 rings (SSSR count). The van der Waals surface area contributed by atoms with E-state index < -0.39 is 5.41 Å². The molecule has 1 aliphatic rings. The summed E-state index contributed by atoms with van der Waals surface area (Å²) in [5.74, 6) is -0.292. The van der Waals surface area contributed by atoms with E-state index in [0.717, 1.165) is 27.8 Å². The fraction of sp³-hybridized carbons (Fsp3) is 0.200. The number of carbonyl (C=O) groups excluding carboxylic acids is 1. The topological polar surface area (TPSA) is 64.2 Å². The highest BCUT2D eigenvalue weighted by Gasteiger charge is 2.53. The third-order valence-corrected chi connectivity index (χ3v) is 6.26. The first-order valence-electron chi connectivity index (χ1n) is 10.3. The van der Waals surface area contributed by atoms with E-state index in [-0.39, 0.29) is 23.8 Å². The molecule has 0 radical (unpaired) electrons. The van der Waals surface area contributed by atoms with Crippen molar-refractivity contribution in [1.29, 1.82) is 0 Å². The molecule has 2 heterocycles. The predicted molar refractivity (Wildman–Crippen MR) is 119 cm³/mol. The van der Waals surface area contributed by atoms with Gasteiger partial charge in [-0.3, -0.25) is 4.79 Å². The van der Waals surface area contributed by atoms with E-state index in [0.29, 0.717) is 0 Å². The number of amides is 1. The zero-order chi connectivity index (χ0) is 21.8. The Kier molecular flexibility index (Phi) is 4.41. The molecule has 1 aliphatic heterocycles.